The van der Waals surface area contributed by atoms with Crippen LogP contribution in [0.3, 0.4) is 0 Å². The Bertz CT molecular complexity index is 1080. The number of nitrogens with zero attached hydrogens (tertiary/aromatic N) is 2. The second-order valence-electron chi connectivity index (χ2n) is 5.62. The number of thiophene rings is 1. The number of fused-ring (bicyclic) bond motifs is 2. The summed E-state index contributed by atoms with van der Waals surface area (Å²) in [6, 6.07) is 7.65. The van der Waals surface area contributed by atoms with E-state index in [-0.39, 0.29) is 10.8 Å². The highest BCUT2D eigenvalue weighted by atomic mass is 32.2. The largest absolute Gasteiger partial charge is 0.431 e. The van der Waals surface area contributed by atoms with Crippen molar-refractivity contribution in [3.63, 3.8) is 0 Å². The molecule has 4 rings (SSSR count). The Labute approximate surface area is 146 Å². The molecule has 0 spiro atoms. The van der Waals surface area contributed by atoms with Crippen LogP contribution in [0.15, 0.2) is 38.7 Å². The number of aryl methyl sites for hydroxylation is 2. The van der Waals surface area contributed by atoms with Crippen LogP contribution >= 0.6 is 23.1 Å². The molecule has 7 heteroatoms. The molecule has 0 aliphatic heterocycles. The summed E-state index contributed by atoms with van der Waals surface area (Å²) in [6.45, 7) is 5.95. The maximum Gasteiger partial charge on any atom is 0.259 e. The van der Waals surface area contributed by atoms with Gasteiger partial charge >= 0.3 is 0 Å². The number of hydrogen-bond donors (Lipinski definition) is 1. The zero-order valence-electron chi connectivity index (χ0n) is 13.4. The van der Waals surface area contributed by atoms with E-state index >= 15 is 0 Å². The number of benzene rings is 1. The third-order valence-electron chi connectivity index (χ3n) is 3.99. The summed E-state index contributed by atoms with van der Waals surface area (Å²) < 4.78 is 5.74. The predicted molar refractivity (Wildman–Crippen MR) is 98.0 cm³/mol. The molecule has 0 unspecified atom stereocenters. The summed E-state index contributed by atoms with van der Waals surface area (Å²) in [5, 5.41) is 1.20. The molecule has 0 aliphatic carbocycles. The first-order chi connectivity index (χ1) is 11.5. The molecule has 0 amide bonds. The molecule has 0 saturated heterocycles. The Morgan fingerprint density at radius 1 is 1.25 bits per heavy atom. The van der Waals surface area contributed by atoms with Crippen LogP contribution in [0.25, 0.3) is 21.3 Å². The van der Waals surface area contributed by atoms with Crippen LogP contribution in [-0.4, -0.2) is 15.0 Å². The van der Waals surface area contributed by atoms with Crippen molar-refractivity contribution >= 4 is 44.4 Å². The molecule has 5 nitrogen and oxygen atoms in total. The van der Waals surface area contributed by atoms with E-state index in [2.05, 4.69) is 15.0 Å². The van der Waals surface area contributed by atoms with Gasteiger partial charge < -0.3 is 9.40 Å². The highest BCUT2D eigenvalue weighted by Gasteiger charge is 2.18. The van der Waals surface area contributed by atoms with Crippen molar-refractivity contribution in [2.24, 2.45) is 0 Å². The maximum absolute atomic E-state index is 12.4. The van der Waals surface area contributed by atoms with Gasteiger partial charge in [0.15, 0.2) is 5.58 Å². The Kier molecular flexibility index (Phi) is 3.69. The first kappa shape index (κ1) is 15.4. The minimum Gasteiger partial charge on any atom is -0.431 e. The minimum absolute atomic E-state index is 0.0714. The van der Waals surface area contributed by atoms with Crippen LogP contribution in [0.1, 0.15) is 28.4 Å². The summed E-state index contributed by atoms with van der Waals surface area (Å²) in [5.74, 6) is 0.640. The van der Waals surface area contributed by atoms with Crippen molar-refractivity contribution in [2.75, 3.05) is 0 Å². The molecule has 0 bridgehead atoms. The fourth-order valence-corrected chi connectivity index (χ4v) is 4.42. The van der Waals surface area contributed by atoms with Gasteiger partial charge in [0.25, 0.3) is 10.8 Å². The van der Waals surface area contributed by atoms with Gasteiger partial charge in [-0.1, -0.05) is 23.9 Å². The van der Waals surface area contributed by atoms with E-state index in [9.17, 15) is 4.79 Å². The summed E-state index contributed by atoms with van der Waals surface area (Å²) in [6.07, 6.45) is 0. The lowest BCUT2D eigenvalue weighted by atomic mass is 10.2. The number of hydrogen-bond acceptors (Lipinski definition) is 6. The first-order valence-corrected chi connectivity index (χ1v) is 9.24. The third kappa shape index (κ3) is 2.53. The van der Waals surface area contributed by atoms with E-state index in [0.29, 0.717) is 16.4 Å². The average Bonchev–Trinajstić information content (AvgIpc) is 3.08. The molecule has 1 N–H and O–H groups in total. The zero-order valence-corrected chi connectivity index (χ0v) is 15.0. The average molecular weight is 357 g/mol. The van der Waals surface area contributed by atoms with Gasteiger partial charge in [-0.3, -0.25) is 4.79 Å². The Morgan fingerprint density at radius 3 is 2.83 bits per heavy atom. The molecule has 3 aromatic heterocycles. The third-order valence-corrected chi connectivity index (χ3v) is 6.05. The van der Waals surface area contributed by atoms with Gasteiger partial charge in [0.1, 0.15) is 16.2 Å². The van der Waals surface area contributed by atoms with Gasteiger partial charge in [0, 0.05) is 4.88 Å². The number of thioether (sulfide) groups is 1. The smallest absolute Gasteiger partial charge is 0.259 e. The van der Waals surface area contributed by atoms with Crippen molar-refractivity contribution in [1.29, 1.82) is 0 Å². The van der Waals surface area contributed by atoms with Crippen LogP contribution < -0.4 is 5.56 Å². The van der Waals surface area contributed by atoms with Gasteiger partial charge in [0.05, 0.1) is 10.6 Å². The molecule has 24 heavy (non-hydrogen) atoms. The van der Waals surface area contributed by atoms with Crippen LogP contribution in [0.5, 0.6) is 0 Å². The van der Waals surface area contributed by atoms with E-state index in [4.69, 9.17) is 4.42 Å². The van der Waals surface area contributed by atoms with Crippen molar-refractivity contribution in [3.8, 4) is 0 Å². The Hall–Kier alpha value is -2.12. The van der Waals surface area contributed by atoms with Gasteiger partial charge in [0.2, 0.25) is 0 Å². The van der Waals surface area contributed by atoms with Crippen molar-refractivity contribution in [1.82, 2.24) is 15.0 Å². The van der Waals surface area contributed by atoms with E-state index in [1.807, 2.05) is 45.0 Å². The monoisotopic (exact) mass is 357 g/mol. The summed E-state index contributed by atoms with van der Waals surface area (Å²) in [4.78, 5) is 26.3. The van der Waals surface area contributed by atoms with E-state index in [0.717, 1.165) is 26.4 Å². The minimum atomic E-state index is -0.0816. The normalized spacial score (nSPS) is 13.0. The second-order valence-corrected chi connectivity index (χ2v) is 8.12. The van der Waals surface area contributed by atoms with Crippen molar-refractivity contribution < 1.29 is 4.42 Å². The zero-order chi connectivity index (χ0) is 16.8. The number of oxazole rings is 1. The molecular formula is C17H15N3O2S2. The van der Waals surface area contributed by atoms with Gasteiger partial charge in [-0.25, -0.2) is 9.97 Å². The van der Waals surface area contributed by atoms with Crippen LogP contribution in [0, 0.1) is 13.8 Å². The summed E-state index contributed by atoms with van der Waals surface area (Å²) in [7, 11) is 0. The number of H-pyrrole nitrogens is 1. The molecule has 0 fully saturated rings. The number of rotatable bonds is 3. The Morgan fingerprint density at radius 2 is 2.04 bits per heavy atom. The lowest BCUT2D eigenvalue weighted by Gasteiger charge is -2.07. The van der Waals surface area contributed by atoms with Gasteiger partial charge in [-0.2, -0.15) is 0 Å². The molecule has 0 aliphatic rings. The predicted octanol–water partition coefficient (Wildman–Crippen LogP) is 4.60. The molecule has 0 radical (unpaired) electrons. The van der Waals surface area contributed by atoms with Gasteiger partial charge in [-0.05, 0) is 38.5 Å². The fraction of sp³-hybridized carbons (Fsp3) is 0.235. The van der Waals surface area contributed by atoms with Crippen LogP contribution in [-0.2, 0) is 0 Å². The summed E-state index contributed by atoms with van der Waals surface area (Å²) in [5.41, 5.74) is 2.51. The number of nitrogens with one attached hydrogen (secondary N) is 1. The van der Waals surface area contributed by atoms with Crippen LogP contribution in [0.4, 0.5) is 0 Å². The standard InChI is InChI=1S/C17H15N3O2S2/c1-8-9(2)23-16-13(8)15(21)19-14(20-16)10(3)24-17-18-11-6-4-5-7-12(11)22-17/h4-7,10H,1-3H3,(H,19,20,21)/t10-/m0/s1. The molecular weight excluding hydrogens is 342 g/mol. The van der Waals surface area contributed by atoms with E-state index < -0.39 is 0 Å². The van der Waals surface area contributed by atoms with Crippen molar-refractivity contribution in [3.05, 3.63) is 50.9 Å². The lowest BCUT2D eigenvalue weighted by molar-refractivity contribution is 0.488. The molecule has 122 valence electrons. The van der Waals surface area contributed by atoms with Gasteiger partial charge in [-0.15, -0.1) is 11.3 Å². The Balaban J connectivity index is 1.70. The molecule has 3 heterocycles. The molecule has 1 aromatic carbocycles. The van der Waals surface area contributed by atoms with Crippen LogP contribution in [0.2, 0.25) is 0 Å². The highest BCUT2D eigenvalue weighted by Crippen LogP contribution is 2.35. The number of para-hydroxylation sites is 2. The summed E-state index contributed by atoms with van der Waals surface area (Å²) >= 11 is 3.00. The molecule has 4 aromatic rings. The lowest BCUT2D eigenvalue weighted by Crippen LogP contribution is -2.12. The topological polar surface area (TPSA) is 71.8 Å². The fourth-order valence-electron chi connectivity index (χ4n) is 2.57. The maximum atomic E-state index is 12.4. The first-order valence-electron chi connectivity index (χ1n) is 7.55. The number of aromatic amines is 1. The quantitative estimate of drug-likeness (QED) is 0.543. The molecule has 1 atom stereocenters. The number of aromatic nitrogens is 3. The highest BCUT2D eigenvalue weighted by molar-refractivity contribution is 7.99. The SMILES string of the molecule is Cc1sc2nc([C@H](C)Sc3nc4ccccc4o3)[nH]c(=O)c2c1C. The molecule has 0 saturated carbocycles. The van der Waals surface area contributed by atoms with Crippen molar-refractivity contribution in [2.45, 2.75) is 31.2 Å². The van der Waals surface area contributed by atoms with E-state index in [1.165, 1.54) is 11.8 Å². The van der Waals surface area contributed by atoms with E-state index in [1.54, 1.807) is 11.3 Å². The second kappa shape index (κ2) is 5.75.